The molecule has 84 valence electrons. The minimum Gasteiger partial charge on any atom is -0.403 e. The normalized spacial score (nSPS) is 11.4. The van der Waals surface area contributed by atoms with Crippen molar-refractivity contribution in [2.45, 2.75) is 26.3 Å². The van der Waals surface area contributed by atoms with Gasteiger partial charge in [-0.15, -0.1) is 5.10 Å². The van der Waals surface area contributed by atoms with E-state index in [-0.39, 0.29) is 5.54 Å². The number of hydrogen-bond donors (Lipinski definition) is 1. The summed E-state index contributed by atoms with van der Waals surface area (Å²) in [6.07, 6.45) is 3.38. The van der Waals surface area contributed by atoms with Gasteiger partial charge in [0.1, 0.15) is 0 Å². The van der Waals surface area contributed by atoms with Gasteiger partial charge in [0.15, 0.2) is 0 Å². The molecule has 16 heavy (non-hydrogen) atoms. The predicted octanol–water partition coefficient (Wildman–Crippen LogP) is 2.34. The van der Waals surface area contributed by atoms with E-state index in [0.717, 1.165) is 5.56 Å². The van der Waals surface area contributed by atoms with E-state index in [1.165, 1.54) is 0 Å². The molecule has 0 spiro atoms. The number of anilines is 1. The molecule has 0 radical (unpaired) electrons. The SMILES string of the molecule is CC(C)(C)Nc1nnc(-c2ccncc2)o1. The molecule has 0 saturated carbocycles. The van der Waals surface area contributed by atoms with Crippen LogP contribution < -0.4 is 5.32 Å². The minimum absolute atomic E-state index is 0.0952. The Morgan fingerprint density at radius 3 is 2.44 bits per heavy atom. The third-order valence-corrected chi connectivity index (χ3v) is 1.83. The van der Waals surface area contributed by atoms with Crippen molar-refractivity contribution in [3.8, 4) is 11.5 Å². The van der Waals surface area contributed by atoms with Crippen LogP contribution in [-0.2, 0) is 0 Å². The fourth-order valence-electron chi connectivity index (χ4n) is 1.21. The summed E-state index contributed by atoms with van der Waals surface area (Å²) >= 11 is 0. The van der Waals surface area contributed by atoms with Gasteiger partial charge in [0.2, 0.25) is 5.89 Å². The van der Waals surface area contributed by atoms with Crippen molar-refractivity contribution < 1.29 is 4.42 Å². The van der Waals surface area contributed by atoms with Crippen LogP contribution in [0.2, 0.25) is 0 Å². The van der Waals surface area contributed by atoms with Gasteiger partial charge < -0.3 is 9.73 Å². The van der Waals surface area contributed by atoms with E-state index in [9.17, 15) is 0 Å². The lowest BCUT2D eigenvalue weighted by Gasteiger charge is -2.17. The lowest BCUT2D eigenvalue weighted by Crippen LogP contribution is -2.26. The predicted molar refractivity (Wildman–Crippen MR) is 60.9 cm³/mol. The molecule has 0 aliphatic carbocycles. The summed E-state index contributed by atoms with van der Waals surface area (Å²) in [7, 11) is 0. The standard InChI is InChI=1S/C11H14N4O/c1-11(2,3)13-10-15-14-9(16-10)8-4-6-12-7-5-8/h4-7H,1-3H3,(H,13,15). The third-order valence-electron chi connectivity index (χ3n) is 1.83. The number of pyridine rings is 1. The van der Waals surface area contributed by atoms with E-state index in [0.29, 0.717) is 11.9 Å². The molecule has 2 rings (SSSR count). The summed E-state index contributed by atoms with van der Waals surface area (Å²) in [4.78, 5) is 3.93. The summed E-state index contributed by atoms with van der Waals surface area (Å²) in [6, 6.07) is 4.09. The lowest BCUT2D eigenvalue weighted by atomic mass is 10.1. The van der Waals surface area contributed by atoms with Gasteiger partial charge in [0.05, 0.1) is 0 Å². The van der Waals surface area contributed by atoms with Crippen LogP contribution in [-0.4, -0.2) is 20.7 Å². The van der Waals surface area contributed by atoms with Crippen molar-refractivity contribution in [1.29, 1.82) is 0 Å². The largest absolute Gasteiger partial charge is 0.403 e. The van der Waals surface area contributed by atoms with Crippen LogP contribution in [0.1, 0.15) is 20.8 Å². The van der Waals surface area contributed by atoms with Crippen LogP contribution in [0.25, 0.3) is 11.5 Å². The Hall–Kier alpha value is -1.91. The van der Waals surface area contributed by atoms with Crippen LogP contribution in [0.5, 0.6) is 0 Å². The van der Waals surface area contributed by atoms with Gasteiger partial charge in [-0.2, -0.15) is 0 Å². The topological polar surface area (TPSA) is 63.8 Å². The second kappa shape index (κ2) is 3.92. The fourth-order valence-corrected chi connectivity index (χ4v) is 1.21. The van der Waals surface area contributed by atoms with Crippen molar-refractivity contribution in [2.75, 3.05) is 5.32 Å². The average Bonchev–Trinajstić information content (AvgIpc) is 2.65. The Morgan fingerprint density at radius 2 is 1.81 bits per heavy atom. The maximum absolute atomic E-state index is 5.48. The van der Waals surface area contributed by atoms with Crippen molar-refractivity contribution in [2.24, 2.45) is 0 Å². The summed E-state index contributed by atoms with van der Waals surface area (Å²) < 4.78 is 5.48. The highest BCUT2D eigenvalue weighted by Crippen LogP contribution is 2.20. The molecule has 0 fully saturated rings. The van der Waals surface area contributed by atoms with Gasteiger partial charge in [-0.25, -0.2) is 0 Å². The smallest absolute Gasteiger partial charge is 0.316 e. The highest BCUT2D eigenvalue weighted by atomic mass is 16.4. The summed E-state index contributed by atoms with van der Waals surface area (Å²) in [6.45, 7) is 6.09. The number of rotatable bonds is 2. The average molecular weight is 218 g/mol. The lowest BCUT2D eigenvalue weighted by molar-refractivity contribution is 0.538. The van der Waals surface area contributed by atoms with Crippen molar-refractivity contribution in [3.63, 3.8) is 0 Å². The molecule has 0 unspecified atom stereocenters. The molecular weight excluding hydrogens is 204 g/mol. The molecule has 1 N–H and O–H groups in total. The van der Waals surface area contributed by atoms with E-state index in [1.54, 1.807) is 12.4 Å². The van der Waals surface area contributed by atoms with Gasteiger partial charge >= 0.3 is 6.01 Å². The molecule has 0 aromatic carbocycles. The quantitative estimate of drug-likeness (QED) is 0.838. The van der Waals surface area contributed by atoms with Crippen LogP contribution in [0.15, 0.2) is 28.9 Å². The molecule has 0 amide bonds. The molecule has 2 aromatic heterocycles. The molecular formula is C11H14N4O. The first-order valence-electron chi connectivity index (χ1n) is 5.07. The maximum atomic E-state index is 5.48. The molecule has 2 heterocycles. The summed E-state index contributed by atoms with van der Waals surface area (Å²) in [5.41, 5.74) is 0.770. The van der Waals surface area contributed by atoms with E-state index >= 15 is 0 Å². The van der Waals surface area contributed by atoms with Crippen LogP contribution in [0, 0.1) is 0 Å². The second-order valence-electron chi connectivity index (χ2n) is 4.52. The second-order valence-corrected chi connectivity index (χ2v) is 4.52. The minimum atomic E-state index is -0.0952. The van der Waals surface area contributed by atoms with Gasteiger partial charge in [0.25, 0.3) is 0 Å². The first-order valence-corrected chi connectivity index (χ1v) is 5.07. The molecule has 0 atom stereocenters. The van der Waals surface area contributed by atoms with E-state index < -0.39 is 0 Å². The fraction of sp³-hybridized carbons (Fsp3) is 0.364. The molecule has 5 heteroatoms. The monoisotopic (exact) mass is 218 g/mol. The third kappa shape index (κ3) is 2.56. The maximum Gasteiger partial charge on any atom is 0.316 e. The molecule has 0 aliphatic heterocycles. The summed E-state index contributed by atoms with van der Waals surface area (Å²) in [5, 5.41) is 11.0. The Morgan fingerprint density at radius 1 is 1.12 bits per heavy atom. The molecule has 0 saturated heterocycles. The Balaban J connectivity index is 2.21. The van der Waals surface area contributed by atoms with E-state index in [1.807, 2.05) is 32.9 Å². The van der Waals surface area contributed by atoms with Gasteiger partial charge in [-0.1, -0.05) is 5.10 Å². The van der Waals surface area contributed by atoms with Gasteiger partial charge in [0, 0.05) is 23.5 Å². The highest BCUT2D eigenvalue weighted by molar-refractivity contribution is 5.51. The first-order chi connectivity index (χ1) is 7.54. The Bertz CT molecular complexity index is 458. The molecule has 0 aliphatic rings. The molecule has 5 nitrogen and oxygen atoms in total. The highest BCUT2D eigenvalue weighted by Gasteiger charge is 2.14. The zero-order chi connectivity index (χ0) is 11.6. The Kier molecular flexibility index (Phi) is 2.60. The zero-order valence-electron chi connectivity index (χ0n) is 9.56. The summed E-state index contributed by atoms with van der Waals surface area (Å²) in [5.74, 6) is 0.495. The number of hydrogen-bond acceptors (Lipinski definition) is 5. The van der Waals surface area contributed by atoms with Gasteiger partial charge in [-0.3, -0.25) is 4.98 Å². The number of aromatic nitrogens is 3. The van der Waals surface area contributed by atoms with Crippen molar-refractivity contribution >= 4 is 6.01 Å². The van der Waals surface area contributed by atoms with Crippen LogP contribution in [0.3, 0.4) is 0 Å². The van der Waals surface area contributed by atoms with Gasteiger partial charge in [-0.05, 0) is 32.9 Å². The number of nitrogens with one attached hydrogen (secondary N) is 1. The first kappa shape index (κ1) is 10.6. The van der Waals surface area contributed by atoms with Crippen molar-refractivity contribution in [3.05, 3.63) is 24.5 Å². The Labute approximate surface area is 93.9 Å². The number of nitrogens with zero attached hydrogens (tertiary/aromatic N) is 3. The van der Waals surface area contributed by atoms with E-state index in [2.05, 4.69) is 20.5 Å². The zero-order valence-corrected chi connectivity index (χ0v) is 9.56. The molecule has 0 bridgehead atoms. The molecule has 2 aromatic rings. The van der Waals surface area contributed by atoms with Crippen LogP contribution in [0.4, 0.5) is 6.01 Å². The van der Waals surface area contributed by atoms with Crippen molar-refractivity contribution in [1.82, 2.24) is 15.2 Å². The van der Waals surface area contributed by atoms with E-state index in [4.69, 9.17) is 4.42 Å². The van der Waals surface area contributed by atoms with Crippen LogP contribution >= 0.6 is 0 Å².